The first-order valence-corrected chi connectivity index (χ1v) is 3.82. The summed E-state index contributed by atoms with van der Waals surface area (Å²) in [6, 6.07) is 0. The van der Waals surface area contributed by atoms with Crippen molar-refractivity contribution in [3.05, 3.63) is 0 Å². The zero-order valence-electron chi connectivity index (χ0n) is 7.29. The molecule has 2 unspecified atom stereocenters. The monoisotopic (exact) mass is 146 g/mol. The molecule has 0 aliphatic heterocycles. The number of hydrogen-bond acceptors (Lipinski definition) is 2. The Hall–Kier alpha value is -0.0800. The molecule has 0 fully saturated rings. The van der Waals surface area contributed by atoms with Crippen molar-refractivity contribution < 1.29 is 9.84 Å². The minimum Gasteiger partial charge on any atom is -0.371 e. The van der Waals surface area contributed by atoms with E-state index in [9.17, 15) is 0 Å². The topological polar surface area (TPSA) is 29.5 Å². The fourth-order valence-electron chi connectivity index (χ4n) is 0.811. The molecule has 0 radical (unpaired) electrons. The van der Waals surface area contributed by atoms with Crippen LogP contribution in [-0.4, -0.2) is 18.0 Å². The summed E-state index contributed by atoms with van der Waals surface area (Å²) >= 11 is 0. The highest BCUT2D eigenvalue weighted by molar-refractivity contribution is 4.63. The lowest BCUT2D eigenvalue weighted by molar-refractivity contribution is -0.0688. The molecular formula is C8H18O2. The molecule has 0 saturated carbocycles. The molecule has 0 aromatic rings. The van der Waals surface area contributed by atoms with Gasteiger partial charge in [0.05, 0.1) is 6.10 Å². The largest absolute Gasteiger partial charge is 0.371 e. The van der Waals surface area contributed by atoms with Crippen LogP contribution < -0.4 is 0 Å². The fraction of sp³-hybridized carbons (Fsp3) is 1.00. The van der Waals surface area contributed by atoms with E-state index in [1.165, 1.54) is 0 Å². The van der Waals surface area contributed by atoms with Crippen LogP contribution in [0.25, 0.3) is 0 Å². The first-order chi connectivity index (χ1) is 4.59. The van der Waals surface area contributed by atoms with Crippen molar-refractivity contribution in [2.24, 2.45) is 11.8 Å². The second-order valence-electron chi connectivity index (χ2n) is 3.10. The molecule has 62 valence electrons. The Kier molecular flexibility index (Phi) is 4.65. The predicted molar refractivity (Wildman–Crippen MR) is 41.6 cm³/mol. The van der Waals surface area contributed by atoms with Crippen molar-refractivity contribution in [3.8, 4) is 0 Å². The van der Waals surface area contributed by atoms with E-state index in [1.807, 2.05) is 6.92 Å². The molecular weight excluding hydrogens is 128 g/mol. The van der Waals surface area contributed by atoms with E-state index in [0.29, 0.717) is 11.8 Å². The van der Waals surface area contributed by atoms with Gasteiger partial charge in [0, 0.05) is 0 Å². The molecule has 0 aromatic carbocycles. The summed E-state index contributed by atoms with van der Waals surface area (Å²) in [6.45, 7) is 8.26. The van der Waals surface area contributed by atoms with Gasteiger partial charge in [-0.05, 0) is 18.8 Å². The molecule has 0 aliphatic rings. The van der Waals surface area contributed by atoms with E-state index in [1.54, 1.807) is 0 Å². The van der Waals surface area contributed by atoms with Gasteiger partial charge in [-0.25, -0.2) is 0 Å². The second kappa shape index (κ2) is 4.69. The van der Waals surface area contributed by atoms with Crippen molar-refractivity contribution in [2.45, 2.75) is 33.8 Å². The molecule has 0 heterocycles. The smallest absolute Gasteiger partial charge is 0.143 e. The average Bonchev–Trinajstić information content (AvgIpc) is 1.87. The highest BCUT2D eigenvalue weighted by Crippen LogP contribution is 2.16. The van der Waals surface area contributed by atoms with Crippen LogP contribution in [0.5, 0.6) is 0 Å². The average molecular weight is 146 g/mol. The molecule has 2 heteroatoms. The van der Waals surface area contributed by atoms with Gasteiger partial charge in [-0.1, -0.05) is 20.8 Å². The highest BCUT2D eigenvalue weighted by Gasteiger charge is 2.15. The van der Waals surface area contributed by atoms with Gasteiger partial charge in [0.25, 0.3) is 0 Å². The Balaban J connectivity index is 3.58. The van der Waals surface area contributed by atoms with Crippen molar-refractivity contribution in [1.82, 2.24) is 0 Å². The van der Waals surface area contributed by atoms with Gasteiger partial charge in [-0.2, -0.15) is 0 Å². The second-order valence-corrected chi connectivity index (χ2v) is 3.10. The molecule has 0 aliphatic carbocycles. The standard InChI is InChI=1S/C8H18O2/c1-6(2)7(3)8(4)10-5-9/h6-9H,5H2,1-4H3. The number of hydrogen-bond donors (Lipinski definition) is 1. The summed E-state index contributed by atoms with van der Waals surface area (Å²) in [5.74, 6) is 1.12. The lowest BCUT2D eigenvalue weighted by Gasteiger charge is -2.22. The Bertz CT molecular complexity index is 81.3. The lowest BCUT2D eigenvalue weighted by Crippen LogP contribution is -2.22. The van der Waals surface area contributed by atoms with Crippen molar-refractivity contribution >= 4 is 0 Å². The summed E-state index contributed by atoms with van der Waals surface area (Å²) in [7, 11) is 0. The van der Waals surface area contributed by atoms with E-state index >= 15 is 0 Å². The number of aliphatic hydroxyl groups is 1. The Morgan fingerprint density at radius 1 is 1.20 bits per heavy atom. The maximum absolute atomic E-state index is 8.45. The van der Waals surface area contributed by atoms with Crippen molar-refractivity contribution in [3.63, 3.8) is 0 Å². The molecule has 0 rings (SSSR count). The first kappa shape index (κ1) is 9.92. The highest BCUT2D eigenvalue weighted by atomic mass is 16.6. The maximum atomic E-state index is 8.45. The van der Waals surface area contributed by atoms with Crippen LogP contribution in [0, 0.1) is 11.8 Å². The third kappa shape index (κ3) is 3.18. The minimum absolute atomic E-state index is 0.157. The summed E-state index contributed by atoms with van der Waals surface area (Å²) < 4.78 is 5.02. The number of aliphatic hydroxyl groups excluding tert-OH is 1. The van der Waals surface area contributed by atoms with Gasteiger partial charge in [0.2, 0.25) is 0 Å². The van der Waals surface area contributed by atoms with E-state index in [-0.39, 0.29) is 12.9 Å². The summed E-state index contributed by atoms with van der Waals surface area (Å²) in [5.41, 5.74) is 0. The van der Waals surface area contributed by atoms with Gasteiger partial charge >= 0.3 is 0 Å². The van der Waals surface area contributed by atoms with Gasteiger partial charge in [0.15, 0.2) is 0 Å². The van der Waals surface area contributed by atoms with E-state index in [2.05, 4.69) is 20.8 Å². The number of ether oxygens (including phenoxy) is 1. The van der Waals surface area contributed by atoms with Crippen LogP contribution in [0.1, 0.15) is 27.7 Å². The van der Waals surface area contributed by atoms with E-state index in [0.717, 1.165) is 0 Å². The van der Waals surface area contributed by atoms with E-state index in [4.69, 9.17) is 9.84 Å². The van der Waals surface area contributed by atoms with Crippen molar-refractivity contribution in [1.29, 1.82) is 0 Å². The maximum Gasteiger partial charge on any atom is 0.143 e. The van der Waals surface area contributed by atoms with Crippen LogP contribution in [0.3, 0.4) is 0 Å². The van der Waals surface area contributed by atoms with Gasteiger partial charge in [-0.15, -0.1) is 0 Å². The molecule has 0 bridgehead atoms. The third-order valence-electron chi connectivity index (χ3n) is 2.13. The quantitative estimate of drug-likeness (QED) is 0.611. The summed E-state index contributed by atoms with van der Waals surface area (Å²) in [5, 5.41) is 8.45. The van der Waals surface area contributed by atoms with Crippen LogP contribution >= 0.6 is 0 Å². The lowest BCUT2D eigenvalue weighted by atomic mass is 9.93. The minimum atomic E-state index is -0.168. The Labute approximate surface area is 63.2 Å². The summed E-state index contributed by atoms with van der Waals surface area (Å²) in [4.78, 5) is 0. The molecule has 2 nitrogen and oxygen atoms in total. The zero-order valence-corrected chi connectivity index (χ0v) is 7.29. The molecule has 1 N–H and O–H groups in total. The SMILES string of the molecule is CC(C)C(C)C(C)OCO. The van der Waals surface area contributed by atoms with Gasteiger partial charge < -0.3 is 9.84 Å². The van der Waals surface area contributed by atoms with Crippen LogP contribution in [-0.2, 0) is 4.74 Å². The van der Waals surface area contributed by atoms with Crippen LogP contribution in [0.4, 0.5) is 0 Å². The molecule has 10 heavy (non-hydrogen) atoms. The van der Waals surface area contributed by atoms with Gasteiger partial charge in [-0.3, -0.25) is 0 Å². The zero-order chi connectivity index (χ0) is 8.15. The third-order valence-corrected chi connectivity index (χ3v) is 2.13. The first-order valence-electron chi connectivity index (χ1n) is 3.82. The Morgan fingerprint density at radius 2 is 1.70 bits per heavy atom. The van der Waals surface area contributed by atoms with E-state index < -0.39 is 0 Å². The fourth-order valence-corrected chi connectivity index (χ4v) is 0.811. The van der Waals surface area contributed by atoms with Crippen LogP contribution in [0.15, 0.2) is 0 Å². The molecule has 2 atom stereocenters. The van der Waals surface area contributed by atoms with Crippen molar-refractivity contribution in [2.75, 3.05) is 6.79 Å². The molecule has 0 amide bonds. The normalized spacial score (nSPS) is 17.4. The summed E-state index contributed by atoms with van der Waals surface area (Å²) in [6.07, 6.45) is 0.157. The van der Waals surface area contributed by atoms with Gasteiger partial charge in [0.1, 0.15) is 6.79 Å². The molecule has 0 spiro atoms. The Morgan fingerprint density at radius 3 is 2.00 bits per heavy atom. The van der Waals surface area contributed by atoms with Crippen LogP contribution in [0.2, 0.25) is 0 Å². The number of rotatable bonds is 4. The molecule has 0 saturated heterocycles. The molecule has 0 aromatic heterocycles. The predicted octanol–water partition coefficient (Wildman–Crippen LogP) is 1.63.